The van der Waals surface area contributed by atoms with E-state index < -0.39 is 255 Å². The zero-order chi connectivity index (χ0) is 70.4. The summed E-state index contributed by atoms with van der Waals surface area (Å²) < 4.78 is 86.2. The van der Waals surface area contributed by atoms with Crippen LogP contribution < -0.4 is 39.3 Å². The Morgan fingerprint density at radius 2 is 0.510 bits per heavy atom. The molecule has 0 saturated carbocycles. The van der Waals surface area contributed by atoms with Crippen LogP contribution in [0.3, 0.4) is 0 Å². The molecule has 2 aromatic heterocycles. The van der Waals surface area contributed by atoms with Crippen LogP contribution in [0.1, 0.15) is 38.5 Å². The number of aromatic nitrogens is 2. The highest BCUT2D eigenvalue weighted by Gasteiger charge is 2.60. The van der Waals surface area contributed by atoms with Crippen LogP contribution in [0.25, 0.3) is 11.1 Å². The molecule has 0 unspecified atom stereocenters. The summed E-state index contributed by atoms with van der Waals surface area (Å²) in [5, 5.41) is 228. The van der Waals surface area contributed by atoms with Gasteiger partial charge in [0.05, 0.1) is 39.6 Å². The molecule has 39 heteroatoms. The topological polar surface area (TPSA) is 554 Å². The fourth-order valence-corrected chi connectivity index (χ4v) is 13.4. The fourth-order valence-electron chi connectivity index (χ4n) is 13.4. The number of hydrogen-bond acceptors (Lipinski definition) is 35. The van der Waals surface area contributed by atoms with E-state index in [1.807, 2.05) is 24.0 Å². The molecule has 100 heavy (non-hydrogen) atoms. The van der Waals surface area contributed by atoms with Crippen molar-refractivity contribution in [2.24, 2.45) is 7.05 Å². The van der Waals surface area contributed by atoms with Gasteiger partial charge in [0.15, 0.2) is 68.8 Å². The number of unbranched alkanes of at least 4 members (excludes halogenated alkanes) is 5. The smallest absolute Gasteiger partial charge is 0.187 e. The van der Waals surface area contributed by atoms with Crippen LogP contribution >= 0.6 is 0 Å². The Morgan fingerprint density at radius 1 is 0.290 bits per heavy atom. The maximum atomic E-state index is 12.0. The summed E-state index contributed by atoms with van der Waals surface area (Å²) in [4.78, 5) is 0. The Labute approximate surface area is 585 Å². The van der Waals surface area contributed by atoms with Crippen LogP contribution in [-0.2, 0) is 79.9 Å². The normalized spacial score (nSPS) is 45.1. The monoisotopic (exact) mass is 1490 g/mol. The minimum atomic E-state index is -2.21. The molecule has 23 heterocycles. The highest BCUT2D eigenvalue weighted by Crippen LogP contribution is 2.39. The number of nitrogens with zero attached hydrogens (tertiary/aromatic N) is 2. The maximum Gasteiger partial charge on any atom is 0.187 e. The first-order valence-electron chi connectivity index (χ1n) is 33.0. The summed E-state index contributed by atoms with van der Waals surface area (Å²) in [5.41, 5.74) is 2.23. The zero-order valence-corrected chi connectivity index (χ0v) is 55.8. The maximum absolute atomic E-state index is 12.0. The third kappa shape index (κ3) is 18.5. The van der Waals surface area contributed by atoms with E-state index in [2.05, 4.69) is 46.5 Å². The van der Waals surface area contributed by atoms with Crippen LogP contribution in [0.2, 0.25) is 0 Å². The molecule has 21 fully saturated rings. The van der Waals surface area contributed by atoms with Gasteiger partial charge >= 0.3 is 0 Å². The molecule has 0 radical (unpaired) electrons. The van der Waals surface area contributed by atoms with Crippen molar-refractivity contribution in [3.8, 4) is 11.1 Å². The van der Waals surface area contributed by atoms with E-state index in [1.165, 1.54) is 0 Å². The number of pyridine rings is 2. The van der Waals surface area contributed by atoms with E-state index in [4.69, 9.17) is 66.3 Å². The minimum absolute atomic E-state index is 0. The van der Waals surface area contributed by atoms with E-state index in [1.54, 1.807) is 0 Å². The first kappa shape index (κ1) is 83.1. The lowest BCUT2D eigenvalue weighted by Gasteiger charge is -2.50. The van der Waals surface area contributed by atoms with Crippen molar-refractivity contribution < 1.29 is 202 Å². The number of aryl methyl sites for hydroxylation is 2. The molecule has 2 aromatic rings. The van der Waals surface area contributed by atoms with Crippen molar-refractivity contribution in [1.29, 1.82) is 0 Å². The lowest BCUT2D eigenvalue weighted by atomic mass is 9.95. The minimum Gasteiger partial charge on any atom is -1.00 e. The standard InChI is InChI=1S/C61H97N3O34.2ClH/c1-63-14-8-25(9-15-63)26-10-16-64(17-11-26)13-7-5-3-2-4-6-12-62-18-27-48-34(71)41(78)55(85-27)93-49-28(19-65)87-57(43(80)36(49)73)95-51-30(21-67)89-59(45(82)38(51)75)97-53-32(23-69)91-61(47(84)40(53)77)98-54-33(24-70)90-60(46(83)39(54)76)96-52-31(22-68)88-58(44(81)37(52)74)94-50-29(20-66)86-56(92-48)42(79)35(50)72;;/h8-11,14-17,27-62,65-84H,2-7,12-13,18-24H2,1H3;2*1H/q+2;;/p-2/t27-,28-,29-,30-,31-,32-,33-,34-,35-,36-,37-,38-,39-,40-,41-,42-,43-,44-,45-,46-,47-,48-,49-,50-,51-,52-,53-,54-,55-,56-,57-,58-,59-,60-,61-;;/m1../s1. The molecule has 14 bridgehead atoms. The molecule has 21 N–H and O–H groups in total. The number of halogens is 2. The van der Waals surface area contributed by atoms with Crippen LogP contribution in [0, 0.1) is 0 Å². The van der Waals surface area contributed by atoms with Crippen molar-refractivity contribution in [1.82, 2.24) is 5.32 Å². The summed E-state index contributed by atoms with van der Waals surface area (Å²) in [6.45, 7) is -5.19. The second-order valence-electron chi connectivity index (χ2n) is 25.9. The van der Waals surface area contributed by atoms with Gasteiger partial charge in [0.2, 0.25) is 0 Å². The number of aliphatic hydroxyl groups is 20. The van der Waals surface area contributed by atoms with Gasteiger partial charge < -0.3 is 199 Å². The average molecular weight is 1490 g/mol. The van der Waals surface area contributed by atoms with Gasteiger partial charge in [0.1, 0.15) is 185 Å². The summed E-state index contributed by atoms with van der Waals surface area (Å²) >= 11 is 0. The molecule has 0 amide bonds. The van der Waals surface area contributed by atoms with Gasteiger partial charge in [-0.15, -0.1) is 0 Å². The van der Waals surface area contributed by atoms with E-state index >= 15 is 0 Å². The van der Waals surface area contributed by atoms with Crippen molar-refractivity contribution in [2.45, 2.75) is 260 Å². The number of hydrogen-bond donors (Lipinski definition) is 21. The molecule has 21 saturated heterocycles. The van der Waals surface area contributed by atoms with Crippen molar-refractivity contribution in [2.75, 3.05) is 52.7 Å². The van der Waals surface area contributed by atoms with Gasteiger partial charge in [-0.05, 0) is 30.5 Å². The van der Waals surface area contributed by atoms with Gasteiger partial charge in [-0.1, -0.05) is 19.3 Å². The van der Waals surface area contributed by atoms with Gasteiger partial charge in [-0.2, -0.15) is 0 Å². The van der Waals surface area contributed by atoms with Crippen molar-refractivity contribution in [3.63, 3.8) is 0 Å². The predicted octanol–water partition coefficient (Wildman–Crippen LogP) is -17.8. The Morgan fingerprint density at radius 3 is 0.770 bits per heavy atom. The van der Waals surface area contributed by atoms with Crippen LogP contribution in [0.5, 0.6) is 0 Å². The second-order valence-corrected chi connectivity index (χ2v) is 25.9. The largest absolute Gasteiger partial charge is 1.00 e. The van der Waals surface area contributed by atoms with Crippen molar-refractivity contribution >= 4 is 0 Å². The molecular weight excluding hydrogens is 1390 g/mol. The quantitative estimate of drug-likeness (QED) is 0.0487. The van der Waals surface area contributed by atoms with Crippen LogP contribution in [-0.4, -0.2) is 370 Å². The number of rotatable bonds is 18. The molecule has 574 valence electrons. The average Bonchev–Trinajstić information content (AvgIpc) is 0.779. The zero-order valence-electron chi connectivity index (χ0n) is 54.2. The Balaban J connectivity index is 0.00000636. The first-order valence-corrected chi connectivity index (χ1v) is 33.0. The van der Waals surface area contributed by atoms with Crippen molar-refractivity contribution in [3.05, 3.63) is 49.1 Å². The number of aliphatic hydroxyl groups excluding tert-OH is 20. The third-order valence-corrected chi connectivity index (χ3v) is 19.2. The highest BCUT2D eigenvalue weighted by atomic mass is 35.5. The second kappa shape index (κ2) is 37.8. The van der Waals surface area contributed by atoms with E-state index in [0.717, 1.165) is 49.8 Å². The SMILES string of the molecule is C[n+]1ccc(-c2cc[n+](CCCCCCCCNC[C@H]3O[C@@H]4O[C@H]5[C@H](O)[C@@H](O)[C@@H](O[C@H]6[C@H](O)[C@@H](O)[C@@H](O[C@H]7[C@H](O)[C@@H](O)[C@@H](O[C@H]8[C@H](O)[C@@H](O)[C@@H](O[C@H]9[C@H](O)[C@@H](O)[C@@H](O[C@H]%10[C@H](O)[C@@H](O)[C@@H](O[C@H]3[C@H](O)[C@H]4O)O[C@@H]%10CO)O[C@@H]9CO)O[C@@H]8CO)O[C@@H]7CO)O[C@@H]6CO)O[C@@H]5CO)cc2)cc1.[Cl-].[Cl-]. The third-order valence-electron chi connectivity index (χ3n) is 19.2. The summed E-state index contributed by atoms with van der Waals surface area (Å²) in [5.74, 6) is 0. The lowest BCUT2D eigenvalue weighted by molar-refractivity contribution is -0.697. The summed E-state index contributed by atoms with van der Waals surface area (Å²) in [7, 11) is 1.96. The van der Waals surface area contributed by atoms with Gasteiger partial charge in [-0.25, -0.2) is 9.13 Å². The number of ether oxygens (including phenoxy) is 14. The van der Waals surface area contributed by atoms with Gasteiger partial charge in [0.25, 0.3) is 0 Å². The van der Waals surface area contributed by atoms with Gasteiger partial charge in [-0.3, -0.25) is 0 Å². The number of nitrogens with one attached hydrogen (secondary N) is 1. The van der Waals surface area contributed by atoms with E-state index in [9.17, 15) is 102 Å². The predicted molar refractivity (Wildman–Crippen MR) is 315 cm³/mol. The van der Waals surface area contributed by atoms with Crippen LogP contribution in [0.4, 0.5) is 0 Å². The van der Waals surface area contributed by atoms with E-state index in [0.29, 0.717) is 13.0 Å². The molecule has 37 nitrogen and oxygen atoms in total. The highest BCUT2D eigenvalue weighted by molar-refractivity contribution is 5.60. The van der Waals surface area contributed by atoms with E-state index in [-0.39, 0.29) is 31.4 Å². The fraction of sp³-hybridized carbons (Fsp3) is 0.836. The Kier molecular flexibility index (Phi) is 31.4. The molecular formula is C61H97Cl2N3O34. The Bertz CT molecular complexity index is 2710. The molecule has 0 spiro atoms. The molecule has 21 aliphatic heterocycles. The molecule has 35 atom stereocenters. The first-order chi connectivity index (χ1) is 47.0. The molecule has 0 aromatic carbocycles. The molecule has 23 rings (SSSR count). The summed E-state index contributed by atoms with van der Waals surface area (Å²) in [6.07, 6.45) is -55.9. The molecule has 0 aliphatic carbocycles. The summed E-state index contributed by atoms with van der Waals surface area (Å²) in [6, 6.07) is 8.27. The Hall–Kier alpha value is -2.52. The van der Waals surface area contributed by atoms with Crippen LogP contribution in [0.15, 0.2) is 49.1 Å². The molecule has 21 aliphatic rings. The lowest BCUT2D eigenvalue weighted by Crippen LogP contribution is -3.00. The van der Waals surface area contributed by atoms with Gasteiger partial charge in [0, 0.05) is 37.2 Å².